The zero-order valence-electron chi connectivity index (χ0n) is 17.8. The van der Waals surface area contributed by atoms with Crippen LogP contribution in [0.4, 0.5) is 13.2 Å². The summed E-state index contributed by atoms with van der Waals surface area (Å²) in [5.41, 5.74) is 1.87. The van der Waals surface area contributed by atoms with E-state index in [0.29, 0.717) is 24.4 Å². The second-order valence-electron chi connectivity index (χ2n) is 7.90. The van der Waals surface area contributed by atoms with Gasteiger partial charge in [0.05, 0.1) is 28.8 Å². The topological polar surface area (TPSA) is 118 Å². The van der Waals surface area contributed by atoms with Gasteiger partial charge in [-0.05, 0) is 30.3 Å². The molecule has 0 radical (unpaired) electrons. The molecule has 1 aliphatic rings. The van der Waals surface area contributed by atoms with Crippen molar-refractivity contribution in [3.63, 3.8) is 0 Å². The molecule has 0 unspecified atom stereocenters. The number of hydrogen-bond acceptors (Lipinski definition) is 7. The molecule has 1 amide bonds. The Morgan fingerprint density at radius 2 is 2.03 bits per heavy atom. The molecule has 35 heavy (non-hydrogen) atoms. The smallest absolute Gasteiger partial charge is 0.411 e. The number of alkyl halides is 3. The van der Waals surface area contributed by atoms with Crippen molar-refractivity contribution >= 4 is 11.4 Å². The molecule has 176 valence electrons. The van der Waals surface area contributed by atoms with E-state index in [1.54, 1.807) is 17.0 Å². The highest BCUT2D eigenvalue weighted by Crippen LogP contribution is 2.35. The summed E-state index contributed by atoms with van der Waals surface area (Å²) in [5.74, 6) is -1.25. The van der Waals surface area contributed by atoms with Crippen LogP contribution in [0.5, 0.6) is 0 Å². The first-order valence-electron chi connectivity index (χ1n) is 10.5. The number of halogens is 3. The molecule has 6 rings (SSSR count). The molecular weight excluding hydrogens is 465 g/mol. The minimum absolute atomic E-state index is 0.184. The normalized spacial score (nSPS) is 16.0. The van der Waals surface area contributed by atoms with Crippen LogP contribution in [0.15, 0.2) is 59.5 Å². The van der Waals surface area contributed by atoms with Gasteiger partial charge in [-0.15, -0.1) is 10.2 Å². The van der Waals surface area contributed by atoms with Gasteiger partial charge in [0, 0.05) is 31.1 Å². The van der Waals surface area contributed by atoms with E-state index >= 15 is 0 Å². The summed E-state index contributed by atoms with van der Waals surface area (Å²) in [4.78, 5) is 26.4. The van der Waals surface area contributed by atoms with Gasteiger partial charge in [-0.1, -0.05) is 6.07 Å². The van der Waals surface area contributed by atoms with Crippen LogP contribution in [0.1, 0.15) is 39.4 Å². The number of nitrogens with zero attached hydrogens (tertiary/aromatic N) is 7. The van der Waals surface area contributed by atoms with Gasteiger partial charge in [0.15, 0.2) is 0 Å². The van der Waals surface area contributed by atoms with Gasteiger partial charge in [-0.3, -0.25) is 9.78 Å². The number of fused-ring (bicyclic) bond motifs is 2. The van der Waals surface area contributed by atoms with Crippen LogP contribution in [0, 0.1) is 0 Å². The number of nitrogens with one attached hydrogen (secondary N) is 1. The second kappa shape index (κ2) is 7.75. The second-order valence-corrected chi connectivity index (χ2v) is 7.90. The highest BCUT2D eigenvalue weighted by molar-refractivity contribution is 5.90. The Morgan fingerprint density at radius 1 is 1.14 bits per heavy atom. The molecule has 13 heteroatoms. The summed E-state index contributed by atoms with van der Waals surface area (Å²) in [6, 6.07) is 8.48. The average molecular weight is 480 g/mol. The third kappa shape index (κ3) is 3.61. The van der Waals surface area contributed by atoms with Gasteiger partial charge >= 0.3 is 18.0 Å². The SMILES string of the molecule is O=C(c1nnc(-c2cc(C(F)(F)F)ccn2)o1)N1CCc2[nH]cnc2[C@H]1c1cc2ccccn2n1. The Balaban J connectivity index is 1.36. The van der Waals surface area contributed by atoms with E-state index in [9.17, 15) is 18.0 Å². The maximum atomic E-state index is 13.5. The Kier molecular flexibility index (Phi) is 4.65. The lowest BCUT2D eigenvalue weighted by atomic mass is 9.99. The Labute approximate surface area is 194 Å². The maximum Gasteiger partial charge on any atom is 0.416 e. The molecule has 5 aromatic heterocycles. The number of aromatic nitrogens is 7. The van der Waals surface area contributed by atoms with Crippen molar-refractivity contribution in [2.75, 3.05) is 6.54 Å². The number of hydrogen-bond donors (Lipinski definition) is 1. The quantitative estimate of drug-likeness (QED) is 0.421. The van der Waals surface area contributed by atoms with E-state index < -0.39 is 23.7 Å². The van der Waals surface area contributed by atoms with Crippen LogP contribution in [0.25, 0.3) is 17.1 Å². The standard InChI is InChI=1S/C22H15F3N8O2/c23-22(24,25)12-4-6-26-16(9-12)19-29-30-20(35-19)21(34)32-8-5-14-17(28-11-27-14)18(32)15-10-13-3-1-2-7-33(13)31-15/h1-4,6-7,9-11,18H,5,8H2,(H,27,28)/t18-/m1/s1. The fraction of sp³-hybridized carbons (Fsp3) is 0.182. The first-order valence-corrected chi connectivity index (χ1v) is 10.5. The highest BCUT2D eigenvalue weighted by Gasteiger charge is 2.38. The van der Waals surface area contributed by atoms with E-state index in [-0.39, 0.29) is 17.5 Å². The number of aromatic amines is 1. The summed E-state index contributed by atoms with van der Waals surface area (Å²) in [6.45, 7) is 0.312. The van der Waals surface area contributed by atoms with E-state index in [1.807, 2.05) is 24.3 Å². The van der Waals surface area contributed by atoms with Gasteiger partial charge in [0.2, 0.25) is 0 Å². The van der Waals surface area contributed by atoms with Crippen molar-refractivity contribution in [1.29, 1.82) is 0 Å². The van der Waals surface area contributed by atoms with Gasteiger partial charge in [-0.2, -0.15) is 18.3 Å². The van der Waals surface area contributed by atoms with Crippen molar-refractivity contribution in [3.8, 4) is 11.6 Å². The lowest BCUT2D eigenvalue weighted by Crippen LogP contribution is -2.41. The van der Waals surface area contributed by atoms with Crippen LogP contribution in [0.2, 0.25) is 0 Å². The fourth-order valence-electron chi connectivity index (χ4n) is 4.15. The van der Waals surface area contributed by atoms with Gasteiger partial charge in [-0.25, -0.2) is 9.50 Å². The zero-order valence-corrected chi connectivity index (χ0v) is 17.8. The first-order chi connectivity index (χ1) is 16.9. The number of carbonyl (C=O) groups excluding carboxylic acids is 1. The summed E-state index contributed by atoms with van der Waals surface area (Å²) in [5, 5.41) is 12.2. The molecule has 0 spiro atoms. The third-order valence-electron chi connectivity index (χ3n) is 5.77. The number of rotatable bonds is 3. The molecule has 1 atom stereocenters. The predicted octanol–water partition coefficient (Wildman–Crippen LogP) is 3.31. The molecule has 10 nitrogen and oxygen atoms in total. The maximum absolute atomic E-state index is 13.5. The fourth-order valence-corrected chi connectivity index (χ4v) is 4.15. The molecule has 1 N–H and O–H groups in total. The molecule has 0 bridgehead atoms. The molecule has 0 saturated heterocycles. The summed E-state index contributed by atoms with van der Waals surface area (Å²) in [7, 11) is 0. The van der Waals surface area contributed by atoms with Crippen molar-refractivity contribution in [2.24, 2.45) is 0 Å². The van der Waals surface area contributed by atoms with Gasteiger partial charge in [0.25, 0.3) is 5.89 Å². The molecule has 0 aliphatic carbocycles. The lowest BCUT2D eigenvalue weighted by Gasteiger charge is -2.32. The molecular formula is C22H15F3N8O2. The van der Waals surface area contributed by atoms with Crippen LogP contribution < -0.4 is 0 Å². The molecule has 1 aliphatic heterocycles. The number of amides is 1. The number of H-pyrrole nitrogens is 1. The van der Waals surface area contributed by atoms with Crippen molar-refractivity contribution in [3.05, 3.63) is 83.7 Å². The van der Waals surface area contributed by atoms with Crippen LogP contribution in [-0.2, 0) is 12.6 Å². The first kappa shape index (κ1) is 21.0. The molecule has 0 saturated carbocycles. The Morgan fingerprint density at radius 3 is 2.86 bits per heavy atom. The van der Waals surface area contributed by atoms with E-state index in [4.69, 9.17) is 4.42 Å². The predicted molar refractivity (Wildman–Crippen MR) is 113 cm³/mol. The zero-order chi connectivity index (χ0) is 24.2. The summed E-state index contributed by atoms with van der Waals surface area (Å²) < 4.78 is 46.4. The summed E-state index contributed by atoms with van der Waals surface area (Å²) in [6.07, 6.45) is 0.304. The Hall–Kier alpha value is -4.55. The third-order valence-corrected chi connectivity index (χ3v) is 5.77. The number of carbonyl (C=O) groups is 1. The lowest BCUT2D eigenvalue weighted by molar-refractivity contribution is -0.137. The van der Waals surface area contributed by atoms with Gasteiger partial charge in [0.1, 0.15) is 11.7 Å². The summed E-state index contributed by atoms with van der Waals surface area (Å²) >= 11 is 0. The average Bonchev–Trinajstić information content (AvgIpc) is 3.61. The largest absolute Gasteiger partial charge is 0.416 e. The number of pyridine rings is 2. The van der Waals surface area contributed by atoms with E-state index in [2.05, 4.69) is 30.2 Å². The molecule has 5 aromatic rings. The highest BCUT2D eigenvalue weighted by atomic mass is 19.4. The van der Waals surface area contributed by atoms with Crippen molar-refractivity contribution in [2.45, 2.75) is 18.6 Å². The Bertz CT molecular complexity index is 1520. The van der Waals surface area contributed by atoms with Crippen LogP contribution in [-0.4, -0.2) is 52.1 Å². The van der Waals surface area contributed by atoms with Crippen LogP contribution >= 0.6 is 0 Å². The van der Waals surface area contributed by atoms with Crippen molar-refractivity contribution in [1.82, 2.24) is 39.7 Å². The van der Waals surface area contributed by atoms with Crippen molar-refractivity contribution < 1.29 is 22.4 Å². The van der Waals surface area contributed by atoms with E-state index in [0.717, 1.165) is 29.5 Å². The minimum Gasteiger partial charge on any atom is -0.411 e. The molecule has 0 fully saturated rings. The monoisotopic (exact) mass is 480 g/mol. The molecule has 0 aromatic carbocycles. The minimum atomic E-state index is -4.56. The van der Waals surface area contributed by atoms with Crippen LogP contribution in [0.3, 0.4) is 0 Å². The van der Waals surface area contributed by atoms with Gasteiger partial charge < -0.3 is 14.3 Å². The molecule has 6 heterocycles. The van der Waals surface area contributed by atoms with E-state index in [1.165, 1.54) is 4.90 Å². The number of imidazole rings is 1.